The first-order valence-corrected chi connectivity index (χ1v) is 6.50. The highest BCUT2D eigenvalue weighted by atomic mass is 15.3. The van der Waals surface area contributed by atoms with Gasteiger partial charge in [0.2, 0.25) is 0 Å². The van der Waals surface area contributed by atoms with E-state index in [9.17, 15) is 0 Å². The van der Waals surface area contributed by atoms with Crippen molar-refractivity contribution >= 4 is 16.7 Å². The van der Waals surface area contributed by atoms with Gasteiger partial charge < -0.3 is 0 Å². The smallest absolute Gasteiger partial charge is 0.170 e. The van der Waals surface area contributed by atoms with Crippen molar-refractivity contribution in [3.8, 4) is 5.69 Å². The third-order valence-corrected chi connectivity index (χ3v) is 3.27. The topological polar surface area (TPSA) is 60.9 Å². The minimum Gasteiger partial charge on any atom is -0.216 e. The van der Waals surface area contributed by atoms with Crippen LogP contribution in [0.3, 0.4) is 0 Å². The number of hydrogen-bond donors (Lipinski definition) is 0. The molecule has 98 valence electrons. The molecule has 20 heavy (non-hydrogen) atoms. The minimum absolute atomic E-state index is 0.791. The zero-order valence-electron chi connectivity index (χ0n) is 10.9. The molecule has 4 rings (SSSR count). The summed E-state index contributed by atoms with van der Waals surface area (Å²) in [6.07, 6.45) is 4.28. The van der Waals surface area contributed by atoms with Crippen molar-refractivity contribution in [1.29, 1.82) is 0 Å². The molecule has 0 unspecified atom stereocenters. The lowest BCUT2D eigenvalue weighted by Crippen LogP contribution is -1.98. The second-order valence-electron chi connectivity index (χ2n) is 4.52. The number of para-hydroxylation sites is 1. The SMILES string of the molecule is CCc1nc2c3cnn(-c4ccccc4)c3ncn2n1. The third kappa shape index (κ3) is 1.51. The van der Waals surface area contributed by atoms with Crippen LogP contribution in [0.1, 0.15) is 12.7 Å². The van der Waals surface area contributed by atoms with Crippen molar-refractivity contribution in [2.45, 2.75) is 13.3 Å². The molecule has 0 fully saturated rings. The van der Waals surface area contributed by atoms with Crippen molar-refractivity contribution < 1.29 is 0 Å². The van der Waals surface area contributed by atoms with Gasteiger partial charge >= 0.3 is 0 Å². The quantitative estimate of drug-likeness (QED) is 0.555. The fraction of sp³-hybridized carbons (Fsp3) is 0.143. The number of nitrogens with zero attached hydrogens (tertiary/aromatic N) is 6. The zero-order chi connectivity index (χ0) is 13.5. The Kier molecular flexibility index (Phi) is 2.29. The van der Waals surface area contributed by atoms with Crippen LogP contribution in [0.15, 0.2) is 42.9 Å². The van der Waals surface area contributed by atoms with E-state index in [4.69, 9.17) is 0 Å². The van der Waals surface area contributed by atoms with Gasteiger partial charge in [0.15, 0.2) is 17.1 Å². The molecule has 0 N–H and O–H groups in total. The van der Waals surface area contributed by atoms with E-state index in [-0.39, 0.29) is 0 Å². The van der Waals surface area contributed by atoms with Gasteiger partial charge in [0, 0.05) is 6.42 Å². The second kappa shape index (κ2) is 4.12. The van der Waals surface area contributed by atoms with Crippen LogP contribution in [0, 0.1) is 0 Å². The van der Waals surface area contributed by atoms with Gasteiger partial charge in [0.25, 0.3) is 0 Å². The number of rotatable bonds is 2. The molecular weight excluding hydrogens is 252 g/mol. The normalized spacial score (nSPS) is 11.4. The molecule has 0 spiro atoms. The predicted octanol–water partition coefficient (Wildman–Crippen LogP) is 2.03. The summed E-state index contributed by atoms with van der Waals surface area (Å²) in [6.45, 7) is 2.03. The summed E-state index contributed by atoms with van der Waals surface area (Å²) in [4.78, 5) is 8.98. The van der Waals surface area contributed by atoms with Gasteiger partial charge in [0.05, 0.1) is 17.3 Å². The highest BCUT2D eigenvalue weighted by molar-refractivity contribution is 5.89. The van der Waals surface area contributed by atoms with Gasteiger partial charge in [-0.05, 0) is 12.1 Å². The van der Waals surface area contributed by atoms with Crippen molar-refractivity contribution in [2.24, 2.45) is 0 Å². The molecule has 0 saturated carbocycles. The lowest BCUT2D eigenvalue weighted by molar-refractivity contribution is 0.859. The van der Waals surface area contributed by atoms with Gasteiger partial charge in [-0.3, -0.25) is 0 Å². The standard InChI is InChI=1S/C14H12N6/c1-2-12-17-14-11-8-16-20(10-6-4-3-5-7-10)13(11)15-9-19(14)18-12/h3-9H,2H2,1H3. The van der Waals surface area contributed by atoms with E-state index in [1.165, 1.54) is 0 Å². The van der Waals surface area contributed by atoms with Crippen molar-refractivity contribution in [3.05, 3.63) is 48.7 Å². The molecule has 0 atom stereocenters. The van der Waals surface area contributed by atoms with Crippen LogP contribution in [-0.4, -0.2) is 29.4 Å². The predicted molar refractivity (Wildman–Crippen MR) is 74.8 cm³/mol. The van der Waals surface area contributed by atoms with Gasteiger partial charge in [0.1, 0.15) is 6.33 Å². The number of aryl methyl sites for hydroxylation is 1. The summed E-state index contributed by atoms with van der Waals surface area (Å²) in [5.74, 6) is 0.812. The third-order valence-electron chi connectivity index (χ3n) is 3.27. The van der Waals surface area contributed by atoms with Crippen molar-refractivity contribution in [1.82, 2.24) is 29.4 Å². The van der Waals surface area contributed by atoms with Crippen molar-refractivity contribution in [3.63, 3.8) is 0 Å². The largest absolute Gasteiger partial charge is 0.216 e. The van der Waals surface area contributed by atoms with E-state index in [1.54, 1.807) is 17.0 Å². The maximum atomic E-state index is 4.52. The Morgan fingerprint density at radius 1 is 1.10 bits per heavy atom. The highest BCUT2D eigenvalue weighted by Gasteiger charge is 2.12. The molecule has 0 aliphatic carbocycles. The fourth-order valence-corrected chi connectivity index (χ4v) is 2.27. The molecule has 0 bridgehead atoms. The molecular formula is C14H12N6. The van der Waals surface area contributed by atoms with Gasteiger partial charge in [-0.2, -0.15) is 5.10 Å². The Balaban J connectivity index is 2.02. The van der Waals surface area contributed by atoms with Crippen LogP contribution in [0.5, 0.6) is 0 Å². The summed E-state index contributed by atoms with van der Waals surface area (Å²) in [5.41, 5.74) is 2.57. The van der Waals surface area contributed by atoms with Crippen LogP contribution in [-0.2, 0) is 6.42 Å². The first kappa shape index (κ1) is 11.1. The second-order valence-corrected chi connectivity index (χ2v) is 4.52. The number of fused-ring (bicyclic) bond motifs is 3. The molecule has 0 aliphatic rings. The first-order chi connectivity index (χ1) is 9.86. The number of aromatic nitrogens is 6. The lowest BCUT2D eigenvalue weighted by Gasteiger charge is -2.01. The van der Waals surface area contributed by atoms with Crippen molar-refractivity contribution in [2.75, 3.05) is 0 Å². The van der Waals surface area contributed by atoms with Crippen LogP contribution >= 0.6 is 0 Å². The summed E-state index contributed by atoms with van der Waals surface area (Å²) in [6, 6.07) is 9.94. The lowest BCUT2D eigenvalue weighted by atomic mass is 10.3. The maximum absolute atomic E-state index is 4.52. The van der Waals surface area contributed by atoms with Gasteiger partial charge in [-0.15, -0.1) is 5.10 Å². The average Bonchev–Trinajstić information content (AvgIpc) is 3.11. The minimum atomic E-state index is 0.791. The Morgan fingerprint density at radius 2 is 1.95 bits per heavy atom. The number of hydrogen-bond acceptors (Lipinski definition) is 4. The molecule has 0 radical (unpaired) electrons. The monoisotopic (exact) mass is 264 g/mol. The van der Waals surface area contributed by atoms with Gasteiger partial charge in [-0.1, -0.05) is 25.1 Å². The molecule has 6 heteroatoms. The van der Waals surface area contributed by atoms with E-state index in [0.29, 0.717) is 0 Å². The molecule has 0 saturated heterocycles. The van der Waals surface area contributed by atoms with Crippen LogP contribution in [0.2, 0.25) is 0 Å². The molecule has 4 aromatic rings. The summed E-state index contributed by atoms with van der Waals surface area (Å²) >= 11 is 0. The molecule has 0 aliphatic heterocycles. The molecule has 6 nitrogen and oxygen atoms in total. The van der Waals surface area contributed by atoms with E-state index < -0.39 is 0 Å². The van der Waals surface area contributed by atoms with Crippen LogP contribution in [0.25, 0.3) is 22.4 Å². The average molecular weight is 264 g/mol. The summed E-state index contributed by atoms with van der Waals surface area (Å²) in [7, 11) is 0. The Bertz CT molecular complexity index is 890. The Labute approximate surface area is 114 Å². The maximum Gasteiger partial charge on any atom is 0.170 e. The molecule has 3 heterocycles. The zero-order valence-corrected chi connectivity index (χ0v) is 10.9. The van der Waals surface area contributed by atoms with Crippen LogP contribution < -0.4 is 0 Å². The van der Waals surface area contributed by atoms with Gasteiger partial charge in [-0.25, -0.2) is 19.2 Å². The summed E-state index contributed by atoms with van der Waals surface area (Å²) in [5, 5.41) is 9.70. The van der Waals surface area contributed by atoms with E-state index in [1.807, 2.05) is 41.9 Å². The molecule has 1 aromatic carbocycles. The first-order valence-electron chi connectivity index (χ1n) is 6.50. The Morgan fingerprint density at radius 3 is 2.75 bits per heavy atom. The molecule has 0 amide bonds. The van der Waals surface area contributed by atoms with Crippen LogP contribution in [0.4, 0.5) is 0 Å². The van der Waals surface area contributed by atoms with E-state index in [2.05, 4.69) is 20.2 Å². The van der Waals surface area contributed by atoms with E-state index >= 15 is 0 Å². The molecule has 3 aromatic heterocycles. The fourth-order valence-electron chi connectivity index (χ4n) is 2.27. The number of benzene rings is 1. The van der Waals surface area contributed by atoms with E-state index in [0.717, 1.165) is 34.6 Å². The highest BCUT2D eigenvalue weighted by Crippen LogP contribution is 2.19. The Hall–Kier alpha value is -2.76. The summed E-state index contributed by atoms with van der Waals surface area (Å²) < 4.78 is 3.52.